The molecule has 1 aromatic carbocycles. The maximum atomic E-state index is 13.9. The molecule has 2 heterocycles. The Morgan fingerprint density at radius 3 is 2.27 bits per heavy atom. The Morgan fingerprint density at radius 2 is 1.73 bits per heavy atom. The number of phenolic OH excluding ortho intramolecular Hbond substituents is 1. The number of ether oxygens (including phenoxy) is 1. The minimum atomic E-state index is -4.89. The van der Waals surface area contributed by atoms with Gasteiger partial charge in [0.25, 0.3) is 0 Å². The molecule has 6 nitrogen and oxygen atoms in total. The molecule has 1 aliphatic carbocycles. The van der Waals surface area contributed by atoms with Crippen LogP contribution in [0.15, 0.2) is 12.1 Å². The first-order valence-electron chi connectivity index (χ1n) is 11.1. The number of benzene rings is 1. The number of aliphatic hydroxyl groups excluding tert-OH is 1. The van der Waals surface area contributed by atoms with Gasteiger partial charge in [0, 0.05) is 18.2 Å². The molecular weight excluding hydrogens is 442 g/mol. The van der Waals surface area contributed by atoms with E-state index in [9.17, 15) is 22.7 Å². The average Bonchev–Trinajstić information content (AvgIpc) is 2.81. The van der Waals surface area contributed by atoms with Crippen molar-refractivity contribution < 1.29 is 32.5 Å². The Morgan fingerprint density at radius 1 is 1.06 bits per heavy atom. The van der Waals surface area contributed by atoms with Gasteiger partial charge in [-0.2, -0.15) is 13.2 Å². The van der Waals surface area contributed by atoms with Crippen molar-refractivity contribution in [1.82, 2.24) is 10.2 Å². The number of alkyl halides is 3. The van der Waals surface area contributed by atoms with Crippen LogP contribution in [-0.4, -0.2) is 40.2 Å². The quantitative estimate of drug-likeness (QED) is 0.502. The molecule has 3 N–H and O–H groups in total. The Balaban J connectivity index is 0.000000362. The van der Waals surface area contributed by atoms with E-state index in [1.165, 1.54) is 19.3 Å². The zero-order valence-corrected chi connectivity index (χ0v) is 19.1. The highest BCUT2D eigenvalue weighted by Gasteiger charge is 2.35. The first kappa shape index (κ1) is 26.8. The molecule has 1 saturated carbocycles. The van der Waals surface area contributed by atoms with Crippen LogP contribution in [0.3, 0.4) is 0 Å². The summed E-state index contributed by atoms with van der Waals surface area (Å²) in [6.45, 7) is 4.64. The third-order valence-corrected chi connectivity index (χ3v) is 5.39. The standard InChI is InChI=1S/C15H13F4N3O2.C6H12O.C2H6/c1-20-14-9-6-24-3-2-7(9)13(21-22-14)8-4-11(16)10(5-12(8)23)15(17,18)19;7-6-4-2-1-3-5-6;1-2/h4-5,23H,2-3,6H2,1H3,(H,20,22);6-7H,1-5H2;1-2H3. The van der Waals surface area contributed by atoms with Gasteiger partial charge < -0.3 is 20.3 Å². The molecule has 0 unspecified atom stereocenters. The molecule has 0 atom stereocenters. The van der Waals surface area contributed by atoms with E-state index in [1.54, 1.807) is 7.05 Å². The number of fused-ring (bicyclic) bond motifs is 1. The molecule has 0 spiro atoms. The van der Waals surface area contributed by atoms with Gasteiger partial charge in [-0.1, -0.05) is 33.1 Å². The maximum Gasteiger partial charge on any atom is 0.419 e. The molecule has 0 radical (unpaired) electrons. The van der Waals surface area contributed by atoms with E-state index >= 15 is 0 Å². The fraction of sp³-hybridized carbons (Fsp3) is 0.565. The number of aromatic hydroxyl groups is 1. The van der Waals surface area contributed by atoms with Crippen LogP contribution in [0.25, 0.3) is 11.3 Å². The minimum absolute atomic E-state index is 0.0359. The highest BCUT2D eigenvalue weighted by molar-refractivity contribution is 5.73. The summed E-state index contributed by atoms with van der Waals surface area (Å²) in [6.07, 6.45) is 1.46. The van der Waals surface area contributed by atoms with E-state index in [0.717, 1.165) is 12.8 Å². The molecule has 0 saturated heterocycles. The van der Waals surface area contributed by atoms with Crippen molar-refractivity contribution in [1.29, 1.82) is 0 Å². The summed E-state index contributed by atoms with van der Waals surface area (Å²) in [6, 6.07) is 1.00. The van der Waals surface area contributed by atoms with Crippen LogP contribution in [0, 0.1) is 5.82 Å². The van der Waals surface area contributed by atoms with Crippen LogP contribution in [0.2, 0.25) is 0 Å². The highest BCUT2D eigenvalue weighted by atomic mass is 19.4. The zero-order chi connectivity index (χ0) is 24.6. The molecule has 1 aliphatic heterocycles. The van der Waals surface area contributed by atoms with Crippen LogP contribution < -0.4 is 5.32 Å². The summed E-state index contributed by atoms with van der Waals surface area (Å²) in [5.41, 5.74) is -0.157. The third-order valence-electron chi connectivity index (χ3n) is 5.39. The van der Waals surface area contributed by atoms with E-state index in [-0.39, 0.29) is 24.0 Å². The first-order valence-corrected chi connectivity index (χ1v) is 11.1. The molecule has 33 heavy (non-hydrogen) atoms. The Kier molecular flexibility index (Phi) is 9.85. The second kappa shape index (κ2) is 12.1. The van der Waals surface area contributed by atoms with Gasteiger partial charge in [0.15, 0.2) is 5.82 Å². The SMILES string of the molecule is CC.CNc1nnc(-c2cc(F)c(C(F)(F)F)cc2O)c2c1COCC2.OC1CCCCC1. The van der Waals surface area contributed by atoms with Crippen molar-refractivity contribution in [3.63, 3.8) is 0 Å². The number of phenols is 1. The lowest BCUT2D eigenvalue weighted by Crippen LogP contribution is -2.16. The number of rotatable bonds is 2. The lowest BCUT2D eigenvalue weighted by molar-refractivity contribution is -0.140. The number of aromatic nitrogens is 2. The van der Waals surface area contributed by atoms with Gasteiger partial charge in [-0.25, -0.2) is 4.39 Å². The maximum absolute atomic E-state index is 13.9. The topological polar surface area (TPSA) is 87.5 Å². The predicted molar refractivity (Wildman–Crippen MR) is 117 cm³/mol. The monoisotopic (exact) mass is 473 g/mol. The van der Waals surface area contributed by atoms with Crippen LogP contribution in [0.4, 0.5) is 23.4 Å². The number of hydrogen-bond donors (Lipinski definition) is 3. The summed E-state index contributed by atoms with van der Waals surface area (Å²) in [7, 11) is 1.65. The molecular formula is C23H31F4N3O3. The van der Waals surface area contributed by atoms with Gasteiger partial charge in [0.05, 0.1) is 24.9 Å². The van der Waals surface area contributed by atoms with E-state index in [1.807, 2.05) is 13.8 Å². The first-order chi connectivity index (χ1) is 15.7. The Bertz CT molecular complexity index is 917. The second-order valence-electron chi connectivity index (χ2n) is 7.55. The molecule has 184 valence electrons. The molecule has 2 aromatic rings. The molecule has 4 rings (SSSR count). The van der Waals surface area contributed by atoms with Crippen molar-refractivity contribution in [2.24, 2.45) is 0 Å². The average molecular weight is 474 g/mol. The highest BCUT2D eigenvalue weighted by Crippen LogP contribution is 2.40. The summed E-state index contributed by atoms with van der Waals surface area (Å²) in [4.78, 5) is 0. The lowest BCUT2D eigenvalue weighted by atomic mass is 9.96. The van der Waals surface area contributed by atoms with Crippen LogP contribution in [-0.2, 0) is 23.9 Å². The van der Waals surface area contributed by atoms with Crippen molar-refractivity contribution in [3.05, 3.63) is 34.6 Å². The number of aliphatic hydroxyl groups is 1. The van der Waals surface area contributed by atoms with Crippen LogP contribution in [0.5, 0.6) is 5.75 Å². The number of halogens is 4. The predicted octanol–water partition coefficient (Wildman–Crippen LogP) is 5.46. The summed E-state index contributed by atoms with van der Waals surface area (Å²) in [5.74, 6) is -1.71. The molecule has 1 fully saturated rings. The smallest absolute Gasteiger partial charge is 0.419 e. The van der Waals surface area contributed by atoms with E-state index in [0.29, 0.717) is 42.1 Å². The Hall–Kier alpha value is -2.46. The van der Waals surface area contributed by atoms with Crippen molar-refractivity contribution in [3.8, 4) is 17.0 Å². The van der Waals surface area contributed by atoms with Gasteiger partial charge in [0.2, 0.25) is 0 Å². The largest absolute Gasteiger partial charge is 0.507 e. The molecule has 0 bridgehead atoms. The number of nitrogens with zero attached hydrogens (tertiary/aromatic N) is 2. The number of anilines is 1. The van der Waals surface area contributed by atoms with E-state index < -0.39 is 23.3 Å². The molecule has 0 amide bonds. The van der Waals surface area contributed by atoms with Crippen molar-refractivity contribution in [2.75, 3.05) is 19.0 Å². The Labute approximate surface area is 191 Å². The van der Waals surface area contributed by atoms with Crippen LogP contribution in [0.1, 0.15) is 62.6 Å². The van der Waals surface area contributed by atoms with Crippen molar-refractivity contribution >= 4 is 5.82 Å². The van der Waals surface area contributed by atoms with Gasteiger partial charge in [-0.3, -0.25) is 0 Å². The van der Waals surface area contributed by atoms with Gasteiger partial charge >= 0.3 is 6.18 Å². The molecule has 2 aliphatic rings. The van der Waals surface area contributed by atoms with Gasteiger partial charge in [-0.05, 0) is 37.0 Å². The van der Waals surface area contributed by atoms with E-state index in [2.05, 4.69) is 15.5 Å². The van der Waals surface area contributed by atoms with Gasteiger partial charge in [-0.15, -0.1) is 10.2 Å². The van der Waals surface area contributed by atoms with E-state index in [4.69, 9.17) is 9.84 Å². The normalized spacial score (nSPS) is 16.0. The fourth-order valence-corrected chi connectivity index (χ4v) is 3.75. The number of hydrogen-bond acceptors (Lipinski definition) is 6. The summed E-state index contributed by atoms with van der Waals surface area (Å²) < 4.78 is 57.4. The van der Waals surface area contributed by atoms with Crippen molar-refractivity contribution in [2.45, 2.75) is 71.3 Å². The number of nitrogens with one attached hydrogen (secondary N) is 1. The fourth-order valence-electron chi connectivity index (χ4n) is 3.75. The summed E-state index contributed by atoms with van der Waals surface area (Å²) >= 11 is 0. The second-order valence-corrected chi connectivity index (χ2v) is 7.55. The minimum Gasteiger partial charge on any atom is -0.507 e. The summed E-state index contributed by atoms with van der Waals surface area (Å²) in [5, 5.41) is 29.6. The zero-order valence-electron chi connectivity index (χ0n) is 19.1. The van der Waals surface area contributed by atoms with Crippen LogP contribution >= 0.6 is 0 Å². The molecule has 1 aromatic heterocycles. The van der Waals surface area contributed by atoms with Gasteiger partial charge in [0.1, 0.15) is 17.3 Å². The lowest BCUT2D eigenvalue weighted by Gasteiger charge is -2.21. The third kappa shape index (κ3) is 6.77. The molecule has 10 heteroatoms.